The number of sulfonamides is 1. The van der Waals surface area contributed by atoms with E-state index in [4.69, 9.17) is 0 Å². The third kappa shape index (κ3) is 4.26. The average molecular weight is 325 g/mol. The molecule has 0 aliphatic rings. The lowest BCUT2D eigenvalue weighted by atomic mass is 10.3. The largest absolute Gasteiger partial charge is 0.310 e. The van der Waals surface area contributed by atoms with Crippen LogP contribution in [0.15, 0.2) is 34.8 Å². The van der Waals surface area contributed by atoms with Crippen molar-refractivity contribution in [2.75, 3.05) is 4.72 Å². The zero-order valence-corrected chi connectivity index (χ0v) is 13.9. The number of anilines is 1. The van der Waals surface area contributed by atoms with Crippen LogP contribution in [0.1, 0.15) is 24.3 Å². The third-order valence-electron chi connectivity index (χ3n) is 2.91. The van der Waals surface area contributed by atoms with E-state index in [1.807, 2.05) is 6.92 Å². The molecule has 0 saturated carbocycles. The topological polar surface area (TPSA) is 71.1 Å². The summed E-state index contributed by atoms with van der Waals surface area (Å²) in [6.45, 7) is 6.62. The Morgan fingerprint density at radius 1 is 1.38 bits per heavy atom. The number of pyridine rings is 1. The van der Waals surface area contributed by atoms with Crippen molar-refractivity contribution >= 4 is 27.0 Å². The Hall–Kier alpha value is -1.44. The van der Waals surface area contributed by atoms with Gasteiger partial charge < -0.3 is 5.32 Å². The molecule has 0 aromatic carbocycles. The summed E-state index contributed by atoms with van der Waals surface area (Å²) in [7, 11) is -3.56. The number of rotatable bonds is 6. The van der Waals surface area contributed by atoms with Crippen LogP contribution in [0.2, 0.25) is 0 Å². The Morgan fingerprint density at radius 3 is 2.81 bits per heavy atom. The molecular formula is C14H19N3O2S2. The zero-order valence-electron chi connectivity index (χ0n) is 12.3. The highest BCUT2D eigenvalue weighted by molar-refractivity contribution is 7.92. The lowest BCUT2D eigenvalue weighted by molar-refractivity contribution is 0.592. The summed E-state index contributed by atoms with van der Waals surface area (Å²) in [6, 6.07) is 3.83. The van der Waals surface area contributed by atoms with Gasteiger partial charge in [0.2, 0.25) is 0 Å². The van der Waals surface area contributed by atoms with E-state index in [2.05, 4.69) is 28.9 Å². The standard InChI is InChI=1S/C14H19N3O2S2/c1-10(2)16-7-12-6-13(9-20-12)21(18,19)17-14-8-15-5-4-11(14)3/h4-6,8-10,16-17H,7H2,1-3H3. The molecule has 114 valence electrons. The first-order valence-corrected chi connectivity index (χ1v) is 8.99. The van der Waals surface area contributed by atoms with Gasteiger partial charge in [0.05, 0.1) is 16.8 Å². The molecule has 0 bridgehead atoms. The van der Waals surface area contributed by atoms with Crippen LogP contribution in [0.3, 0.4) is 0 Å². The fourth-order valence-corrected chi connectivity index (χ4v) is 4.01. The minimum absolute atomic E-state index is 0.288. The second-order valence-electron chi connectivity index (χ2n) is 5.08. The minimum atomic E-state index is -3.56. The molecule has 2 N–H and O–H groups in total. The van der Waals surface area contributed by atoms with Gasteiger partial charge in [-0.15, -0.1) is 11.3 Å². The summed E-state index contributed by atoms with van der Waals surface area (Å²) >= 11 is 1.44. The molecule has 0 saturated heterocycles. The number of nitrogens with zero attached hydrogens (tertiary/aromatic N) is 1. The van der Waals surface area contributed by atoms with Crippen LogP contribution in [-0.4, -0.2) is 19.4 Å². The number of hydrogen-bond acceptors (Lipinski definition) is 5. The highest BCUT2D eigenvalue weighted by Gasteiger charge is 2.17. The van der Waals surface area contributed by atoms with Gasteiger partial charge in [0.1, 0.15) is 0 Å². The van der Waals surface area contributed by atoms with Crippen molar-refractivity contribution < 1.29 is 8.42 Å². The van der Waals surface area contributed by atoms with Crippen molar-refractivity contribution in [1.82, 2.24) is 10.3 Å². The van der Waals surface area contributed by atoms with Gasteiger partial charge in [0.25, 0.3) is 10.0 Å². The third-order valence-corrected chi connectivity index (χ3v) is 5.34. The van der Waals surface area contributed by atoms with Crippen molar-refractivity contribution in [3.8, 4) is 0 Å². The van der Waals surface area contributed by atoms with Crippen molar-refractivity contribution in [2.24, 2.45) is 0 Å². The first-order chi connectivity index (χ1) is 9.88. The molecule has 0 spiro atoms. The van der Waals surface area contributed by atoms with Crippen molar-refractivity contribution in [1.29, 1.82) is 0 Å². The van der Waals surface area contributed by atoms with Gasteiger partial charge in [-0.25, -0.2) is 8.42 Å². The predicted octanol–water partition coefficient (Wildman–Crippen LogP) is 2.75. The van der Waals surface area contributed by atoms with E-state index in [0.29, 0.717) is 18.3 Å². The van der Waals surface area contributed by atoms with E-state index in [1.54, 1.807) is 23.7 Å². The van der Waals surface area contributed by atoms with Gasteiger partial charge in [-0.05, 0) is 24.6 Å². The van der Waals surface area contributed by atoms with Gasteiger partial charge in [0.15, 0.2) is 0 Å². The van der Waals surface area contributed by atoms with E-state index in [1.165, 1.54) is 17.5 Å². The van der Waals surface area contributed by atoms with E-state index in [-0.39, 0.29) is 4.90 Å². The van der Waals surface area contributed by atoms with Gasteiger partial charge >= 0.3 is 0 Å². The molecule has 2 rings (SSSR count). The smallest absolute Gasteiger partial charge is 0.262 e. The molecule has 0 aliphatic carbocycles. The van der Waals surface area contributed by atoms with Crippen LogP contribution in [0.4, 0.5) is 5.69 Å². The Kier molecular flexibility index (Phi) is 4.97. The van der Waals surface area contributed by atoms with Crippen LogP contribution < -0.4 is 10.0 Å². The number of thiophene rings is 1. The maximum atomic E-state index is 12.4. The first-order valence-electron chi connectivity index (χ1n) is 6.62. The highest BCUT2D eigenvalue weighted by atomic mass is 32.2. The average Bonchev–Trinajstić information content (AvgIpc) is 2.88. The van der Waals surface area contributed by atoms with Crippen molar-refractivity contribution in [2.45, 2.75) is 38.3 Å². The summed E-state index contributed by atoms with van der Waals surface area (Å²) in [5, 5.41) is 4.93. The SMILES string of the molecule is Cc1ccncc1NS(=O)(=O)c1csc(CNC(C)C)c1. The normalized spacial score (nSPS) is 11.8. The molecule has 21 heavy (non-hydrogen) atoms. The van der Waals surface area contributed by atoms with Crippen molar-refractivity contribution in [3.05, 3.63) is 40.3 Å². The quantitative estimate of drug-likeness (QED) is 0.857. The predicted molar refractivity (Wildman–Crippen MR) is 86.1 cm³/mol. The Bertz CT molecular complexity index is 709. The molecule has 0 radical (unpaired) electrons. The second-order valence-corrected chi connectivity index (χ2v) is 7.76. The molecule has 0 atom stereocenters. The molecule has 0 amide bonds. The number of aryl methyl sites for hydroxylation is 1. The maximum Gasteiger partial charge on any atom is 0.262 e. The fourth-order valence-electron chi connectivity index (χ4n) is 1.67. The Morgan fingerprint density at radius 2 is 2.14 bits per heavy atom. The maximum absolute atomic E-state index is 12.4. The van der Waals surface area contributed by atoms with Crippen LogP contribution in [-0.2, 0) is 16.6 Å². The minimum Gasteiger partial charge on any atom is -0.310 e. The molecule has 0 unspecified atom stereocenters. The van der Waals surface area contributed by atoms with Crippen LogP contribution >= 0.6 is 11.3 Å². The van der Waals surface area contributed by atoms with Gasteiger partial charge in [-0.1, -0.05) is 13.8 Å². The Labute approximate surface area is 129 Å². The molecule has 0 fully saturated rings. The van der Waals surface area contributed by atoms with Crippen LogP contribution in [0.5, 0.6) is 0 Å². The molecule has 2 heterocycles. The van der Waals surface area contributed by atoms with Crippen LogP contribution in [0.25, 0.3) is 0 Å². The summed E-state index contributed by atoms with van der Waals surface area (Å²) in [5.41, 5.74) is 1.34. The number of nitrogens with one attached hydrogen (secondary N) is 2. The lowest BCUT2D eigenvalue weighted by Gasteiger charge is -2.08. The molecule has 7 heteroatoms. The fraction of sp³-hybridized carbons (Fsp3) is 0.357. The van der Waals surface area contributed by atoms with E-state index < -0.39 is 10.0 Å². The van der Waals surface area contributed by atoms with Gasteiger partial charge in [-0.2, -0.15) is 0 Å². The number of hydrogen-bond donors (Lipinski definition) is 2. The van der Waals surface area contributed by atoms with Gasteiger partial charge in [0, 0.05) is 29.0 Å². The van der Waals surface area contributed by atoms with E-state index in [9.17, 15) is 8.42 Å². The Balaban J connectivity index is 2.15. The zero-order chi connectivity index (χ0) is 15.5. The molecule has 2 aromatic heterocycles. The van der Waals surface area contributed by atoms with E-state index >= 15 is 0 Å². The summed E-state index contributed by atoms with van der Waals surface area (Å²) in [5.74, 6) is 0. The summed E-state index contributed by atoms with van der Waals surface area (Å²) in [4.78, 5) is 5.22. The van der Waals surface area contributed by atoms with E-state index in [0.717, 1.165) is 10.4 Å². The molecular weight excluding hydrogens is 306 g/mol. The lowest BCUT2D eigenvalue weighted by Crippen LogP contribution is -2.21. The monoisotopic (exact) mass is 325 g/mol. The summed E-state index contributed by atoms with van der Waals surface area (Å²) in [6.07, 6.45) is 3.15. The molecule has 2 aromatic rings. The summed E-state index contributed by atoms with van der Waals surface area (Å²) < 4.78 is 27.3. The van der Waals surface area contributed by atoms with Gasteiger partial charge in [-0.3, -0.25) is 9.71 Å². The second kappa shape index (κ2) is 6.55. The molecule has 0 aliphatic heterocycles. The highest BCUT2D eigenvalue weighted by Crippen LogP contribution is 2.23. The number of aromatic nitrogens is 1. The first kappa shape index (κ1) is 15.9. The van der Waals surface area contributed by atoms with Crippen LogP contribution in [0, 0.1) is 6.92 Å². The molecule has 5 nitrogen and oxygen atoms in total. The van der Waals surface area contributed by atoms with Crippen molar-refractivity contribution in [3.63, 3.8) is 0 Å².